The summed E-state index contributed by atoms with van der Waals surface area (Å²) in [5.41, 5.74) is 3.29. The third-order valence-corrected chi connectivity index (χ3v) is 8.58. The highest BCUT2D eigenvalue weighted by Crippen LogP contribution is 2.44. The molecule has 0 amide bonds. The first-order valence-electron chi connectivity index (χ1n) is 12.0. The molecule has 1 aromatic carbocycles. The molecule has 4 aromatic rings. The monoisotopic (exact) mass is 508 g/mol. The van der Waals surface area contributed by atoms with Gasteiger partial charge in [0.05, 0.1) is 42.2 Å². The molecule has 7 nitrogen and oxygen atoms in total. The summed E-state index contributed by atoms with van der Waals surface area (Å²) in [5, 5.41) is 2.15. The fourth-order valence-corrected chi connectivity index (χ4v) is 6.77. The van der Waals surface area contributed by atoms with Gasteiger partial charge in [0.15, 0.2) is 0 Å². The molecule has 1 fully saturated rings. The van der Waals surface area contributed by atoms with Crippen LogP contribution in [0.1, 0.15) is 25.0 Å². The number of aromatic nitrogens is 3. The van der Waals surface area contributed by atoms with E-state index in [1.165, 1.54) is 11.1 Å². The van der Waals surface area contributed by atoms with E-state index in [0.29, 0.717) is 13.2 Å². The Hall–Kier alpha value is -2.46. The van der Waals surface area contributed by atoms with Gasteiger partial charge in [-0.25, -0.2) is 15.0 Å². The number of rotatable bonds is 6. The second-order valence-corrected chi connectivity index (χ2v) is 11.4. The maximum absolute atomic E-state index is 6.24. The minimum atomic E-state index is -0.225. The largest absolute Gasteiger partial charge is 0.493 e. The summed E-state index contributed by atoms with van der Waals surface area (Å²) in [6, 6.07) is 9.92. The maximum atomic E-state index is 6.24. The first-order chi connectivity index (χ1) is 17.1. The van der Waals surface area contributed by atoms with Crippen LogP contribution >= 0.6 is 23.1 Å². The zero-order valence-corrected chi connectivity index (χ0v) is 21.6. The third kappa shape index (κ3) is 4.58. The number of anilines is 1. The Morgan fingerprint density at radius 1 is 1.11 bits per heavy atom. The number of benzene rings is 1. The van der Waals surface area contributed by atoms with Gasteiger partial charge in [0, 0.05) is 36.2 Å². The average Bonchev–Trinajstić information content (AvgIpc) is 3.26. The van der Waals surface area contributed by atoms with Gasteiger partial charge in [-0.3, -0.25) is 0 Å². The Balaban J connectivity index is 1.37. The number of fused-ring (bicyclic) bond motifs is 5. The Bertz CT molecular complexity index is 1350. The number of ether oxygens (including phenoxy) is 3. The Labute approximate surface area is 212 Å². The van der Waals surface area contributed by atoms with Crippen LogP contribution < -0.4 is 9.64 Å². The molecule has 3 aromatic heterocycles. The van der Waals surface area contributed by atoms with Crippen LogP contribution in [0.4, 0.5) is 5.82 Å². The number of para-hydroxylation sites is 1. The molecule has 0 saturated carbocycles. The highest BCUT2D eigenvalue weighted by molar-refractivity contribution is 7.99. The van der Waals surface area contributed by atoms with Crippen molar-refractivity contribution in [3.05, 3.63) is 47.8 Å². The lowest BCUT2D eigenvalue weighted by Gasteiger charge is -2.36. The van der Waals surface area contributed by atoms with Gasteiger partial charge in [0.1, 0.15) is 27.8 Å². The van der Waals surface area contributed by atoms with Crippen molar-refractivity contribution in [3.8, 4) is 5.75 Å². The van der Waals surface area contributed by atoms with Crippen molar-refractivity contribution in [1.82, 2.24) is 15.0 Å². The lowest BCUT2D eigenvalue weighted by molar-refractivity contribution is -0.0396. The molecule has 0 aliphatic carbocycles. The third-order valence-electron chi connectivity index (χ3n) is 6.42. The van der Waals surface area contributed by atoms with Crippen LogP contribution in [0.2, 0.25) is 0 Å². The molecule has 5 heterocycles. The van der Waals surface area contributed by atoms with E-state index in [1.807, 2.05) is 30.3 Å². The maximum Gasteiger partial charge on any atom is 0.136 e. The number of morpholine rings is 1. The Morgan fingerprint density at radius 3 is 2.77 bits per heavy atom. The van der Waals surface area contributed by atoms with Crippen molar-refractivity contribution in [3.63, 3.8) is 0 Å². The van der Waals surface area contributed by atoms with Crippen LogP contribution in [0, 0.1) is 0 Å². The highest BCUT2D eigenvalue weighted by atomic mass is 32.2. The van der Waals surface area contributed by atoms with Gasteiger partial charge < -0.3 is 19.1 Å². The first-order valence-corrected chi connectivity index (χ1v) is 13.8. The zero-order valence-electron chi connectivity index (χ0n) is 20.0. The summed E-state index contributed by atoms with van der Waals surface area (Å²) >= 11 is 3.41. The molecular formula is C26H28N4O3S2. The van der Waals surface area contributed by atoms with E-state index in [-0.39, 0.29) is 5.60 Å². The first kappa shape index (κ1) is 23.0. The van der Waals surface area contributed by atoms with Crippen LogP contribution in [0.5, 0.6) is 5.75 Å². The van der Waals surface area contributed by atoms with Crippen molar-refractivity contribution in [2.45, 2.75) is 37.5 Å². The van der Waals surface area contributed by atoms with E-state index in [0.717, 1.165) is 75.5 Å². The van der Waals surface area contributed by atoms with Gasteiger partial charge in [-0.15, -0.1) is 23.1 Å². The number of nitrogens with zero attached hydrogens (tertiary/aromatic N) is 4. The van der Waals surface area contributed by atoms with Crippen LogP contribution in [0.25, 0.3) is 20.4 Å². The number of thioether (sulfide) groups is 1. The predicted octanol–water partition coefficient (Wildman–Crippen LogP) is 5.10. The predicted molar refractivity (Wildman–Crippen MR) is 141 cm³/mol. The van der Waals surface area contributed by atoms with Crippen LogP contribution in [0.15, 0.2) is 41.7 Å². The second-order valence-electron chi connectivity index (χ2n) is 9.37. The summed E-state index contributed by atoms with van der Waals surface area (Å²) in [4.78, 5) is 17.9. The van der Waals surface area contributed by atoms with Crippen LogP contribution in [-0.4, -0.2) is 59.2 Å². The van der Waals surface area contributed by atoms with E-state index in [2.05, 4.69) is 23.7 Å². The summed E-state index contributed by atoms with van der Waals surface area (Å²) in [5.74, 6) is 2.73. The van der Waals surface area contributed by atoms with Gasteiger partial charge in [0.25, 0.3) is 0 Å². The fraction of sp³-hybridized carbons (Fsp3) is 0.423. The lowest BCUT2D eigenvalue weighted by Crippen LogP contribution is -2.39. The van der Waals surface area contributed by atoms with Gasteiger partial charge in [-0.05, 0) is 31.5 Å². The minimum absolute atomic E-state index is 0.225. The molecule has 6 rings (SSSR count). The van der Waals surface area contributed by atoms with Gasteiger partial charge >= 0.3 is 0 Å². The molecule has 2 aliphatic rings. The molecule has 0 radical (unpaired) electrons. The number of hydrogen-bond donors (Lipinski definition) is 0. The van der Waals surface area contributed by atoms with E-state index in [4.69, 9.17) is 24.2 Å². The normalized spacial score (nSPS) is 17.6. The topological polar surface area (TPSA) is 69.6 Å². The second kappa shape index (κ2) is 9.54. The molecule has 182 valence electrons. The van der Waals surface area contributed by atoms with Gasteiger partial charge in [-0.1, -0.05) is 18.2 Å². The van der Waals surface area contributed by atoms with Gasteiger partial charge in [0.2, 0.25) is 0 Å². The average molecular weight is 509 g/mol. The fourth-order valence-electron chi connectivity index (χ4n) is 4.72. The van der Waals surface area contributed by atoms with Crippen molar-refractivity contribution in [2.24, 2.45) is 0 Å². The highest BCUT2D eigenvalue weighted by Gasteiger charge is 2.33. The Kier molecular flexibility index (Phi) is 6.26. The Morgan fingerprint density at radius 2 is 1.94 bits per heavy atom. The smallest absolute Gasteiger partial charge is 0.136 e. The van der Waals surface area contributed by atoms with E-state index >= 15 is 0 Å². The quantitative estimate of drug-likeness (QED) is 0.202. The standard InChI is InChI=1S/C26H28N4O3S2/c1-26(2)14-18-19(15-33-26)23(30-8-10-31-11-9-30)29-24-20(18)21-22(35-24)25(28-16-27-21)34-13-12-32-17-6-4-3-5-7-17/h3-7,16H,8-15H2,1-2H3. The van der Waals surface area contributed by atoms with Crippen molar-refractivity contribution in [1.29, 1.82) is 0 Å². The van der Waals surface area contributed by atoms with Crippen LogP contribution in [-0.2, 0) is 22.5 Å². The van der Waals surface area contributed by atoms with E-state index in [9.17, 15) is 0 Å². The van der Waals surface area contributed by atoms with Crippen molar-refractivity contribution < 1.29 is 14.2 Å². The molecule has 1 saturated heterocycles. The zero-order chi connectivity index (χ0) is 23.8. The molecule has 0 unspecified atom stereocenters. The SMILES string of the molecule is CC1(C)Cc2c(c(N3CCOCC3)nc3sc4c(SCCOc5ccccc5)ncnc4c23)CO1. The number of hydrogen-bond acceptors (Lipinski definition) is 9. The molecule has 0 spiro atoms. The van der Waals surface area contributed by atoms with Crippen molar-refractivity contribution in [2.75, 3.05) is 43.6 Å². The number of thiophene rings is 1. The summed E-state index contributed by atoms with van der Waals surface area (Å²) in [6.07, 6.45) is 2.52. The number of pyridine rings is 1. The molecular weight excluding hydrogens is 480 g/mol. The molecule has 0 N–H and O–H groups in total. The van der Waals surface area contributed by atoms with E-state index < -0.39 is 0 Å². The summed E-state index contributed by atoms with van der Waals surface area (Å²) in [6.45, 7) is 8.66. The molecule has 0 atom stereocenters. The summed E-state index contributed by atoms with van der Waals surface area (Å²) in [7, 11) is 0. The van der Waals surface area contributed by atoms with Crippen molar-refractivity contribution >= 4 is 49.3 Å². The molecule has 35 heavy (non-hydrogen) atoms. The van der Waals surface area contributed by atoms with Crippen LogP contribution in [0.3, 0.4) is 0 Å². The van der Waals surface area contributed by atoms with Gasteiger partial charge in [-0.2, -0.15) is 0 Å². The van der Waals surface area contributed by atoms with E-state index in [1.54, 1.807) is 29.4 Å². The molecule has 0 bridgehead atoms. The minimum Gasteiger partial charge on any atom is -0.493 e. The molecule has 2 aliphatic heterocycles. The lowest BCUT2D eigenvalue weighted by atomic mass is 9.90. The summed E-state index contributed by atoms with van der Waals surface area (Å²) < 4.78 is 18.8. The molecule has 9 heteroatoms.